The molecule has 0 saturated carbocycles. The fourth-order valence-electron chi connectivity index (χ4n) is 2.14. The van der Waals surface area contributed by atoms with Crippen LogP contribution in [-0.2, 0) is 13.5 Å². The van der Waals surface area contributed by atoms with Gasteiger partial charge >= 0.3 is 0 Å². The molecule has 96 valence electrons. The van der Waals surface area contributed by atoms with E-state index in [9.17, 15) is 8.78 Å². The number of piperazine rings is 1. The third-order valence-corrected chi connectivity index (χ3v) is 3.05. The van der Waals surface area contributed by atoms with E-state index in [2.05, 4.69) is 15.3 Å². The molecule has 1 N–H and O–H groups in total. The van der Waals surface area contributed by atoms with Crippen LogP contribution in [0.4, 0.5) is 8.78 Å². The highest BCUT2D eigenvalue weighted by molar-refractivity contribution is 5.18. The van der Waals surface area contributed by atoms with Gasteiger partial charge in [0, 0.05) is 51.5 Å². The van der Waals surface area contributed by atoms with Crippen LogP contribution in [-0.4, -0.2) is 47.4 Å². The minimum Gasteiger partial charge on any atom is -0.314 e. The molecule has 1 fully saturated rings. The molecule has 1 aliphatic rings. The fourth-order valence-corrected chi connectivity index (χ4v) is 2.14. The van der Waals surface area contributed by atoms with Gasteiger partial charge in [0.15, 0.2) is 0 Å². The van der Waals surface area contributed by atoms with Gasteiger partial charge in [0.05, 0.1) is 0 Å². The highest BCUT2D eigenvalue weighted by Crippen LogP contribution is 2.21. The molecular weight excluding hydrogens is 226 g/mol. The number of rotatable bonds is 4. The Balaban J connectivity index is 1.93. The lowest BCUT2D eigenvalue weighted by molar-refractivity contribution is 0.143. The van der Waals surface area contributed by atoms with Gasteiger partial charge < -0.3 is 10.2 Å². The van der Waals surface area contributed by atoms with E-state index < -0.39 is 6.43 Å². The summed E-state index contributed by atoms with van der Waals surface area (Å²) in [5.74, 6) is 0. The molecule has 1 saturated heterocycles. The summed E-state index contributed by atoms with van der Waals surface area (Å²) in [7, 11) is 1.68. The predicted molar refractivity (Wildman–Crippen MR) is 61.2 cm³/mol. The molecule has 0 aromatic carbocycles. The molecule has 0 atom stereocenters. The number of hydrogen-bond acceptors (Lipinski definition) is 3. The number of nitrogens with zero attached hydrogens (tertiary/aromatic N) is 3. The van der Waals surface area contributed by atoms with E-state index in [1.54, 1.807) is 13.2 Å². The zero-order chi connectivity index (χ0) is 12.3. The van der Waals surface area contributed by atoms with Gasteiger partial charge in [0.2, 0.25) is 0 Å². The Morgan fingerprint density at radius 2 is 2.12 bits per heavy atom. The van der Waals surface area contributed by atoms with Crippen LogP contribution in [0.15, 0.2) is 6.20 Å². The second kappa shape index (κ2) is 5.55. The average Bonchev–Trinajstić information content (AvgIpc) is 2.69. The summed E-state index contributed by atoms with van der Waals surface area (Å²) >= 11 is 0. The minimum atomic E-state index is -2.48. The first kappa shape index (κ1) is 12.4. The van der Waals surface area contributed by atoms with Crippen molar-refractivity contribution in [1.82, 2.24) is 20.0 Å². The highest BCUT2D eigenvalue weighted by Gasteiger charge is 2.18. The zero-order valence-corrected chi connectivity index (χ0v) is 9.99. The van der Waals surface area contributed by atoms with Gasteiger partial charge in [-0.2, -0.15) is 5.10 Å². The molecule has 0 amide bonds. The molecule has 2 rings (SSSR count). The molecule has 2 heterocycles. The smallest absolute Gasteiger partial charge is 0.282 e. The fraction of sp³-hybridized carbons (Fsp3) is 0.727. The Morgan fingerprint density at radius 3 is 2.76 bits per heavy atom. The monoisotopic (exact) mass is 244 g/mol. The first-order chi connectivity index (χ1) is 8.16. The van der Waals surface area contributed by atoms with E-state index in [0.717, 1.165) is 32.7 Å². The van der Waals surface area contributed by atoms with Gasteiger partial charge in [-0.05, 0) is 6.42 Å². The molecule has 17 heavy (non-hydrogen) atoms. The van der Waals surface area contributed by atoms with Crippen molar-refractivity contribution in [3.63, 3.8) is 0 Å². The number of hydrogen-bond donors (Lipinski definition) is 1. The first-order valence-electron chi connectivity index (χ1n) is 5.90. The lowest BCUT2D eigenvalue weighted by atomic mass is 10.1. The van der Waals surface area contributed by atoms with Crippen molar-refractivity contribution in [2.24, 2.45) is 7.05 Å². The summed E-state index contributed by atoms with van der Waals surface area (Å²) in [6, 6.07) is 0. The topological polar surface area (TPSA) is 33.1 Å². The van der Waals surface area contributed by atoms with Gasteiger partial charge in [0.25, 0.3) is 6.43 Å². The zero-order valence-electron chi connectivity index (χ0n) is 9.99. The lowest BCUT2D eigenvalue weighted by Crippen LogP contribution is -2.44. The third kappa shape index (κ3) is 3.23. The summed E-state index contributed by atoms with van der Waals surface area (Å²) in [5.41, 5.74) is 0.601. The second-order valence-electron chi connectivity index (χ2n) is 4.36. The van der Waals surface area contributed by atoms with Gasteiger partial charge in [-0.3, -0.25) is 4.68 Å². The third-order valence-electron chi connectivity index (χ3n) is 3.05. The predicted octanol–water partition coefficient (Wildman–Crippen LogP) is 0.805. The summed E-state index contributed by atoms with van der Waals surface area (Å²) in [5, 5.41) is 7.08. The summed E-state index contributed by atoms with van der Waals surface area (Å²) in [6.45, 7) is 4.77. The summed E-state index contributed by atoms with van der Waals surface area (Å²) < 4.78 is 26.9. The Kier molecular flexibility index (Phi) is 4.06. The number of aryl methyl sites for hydroxylation is 1. The van der Waals surface area contributed by atoms with E-state index >= 15 is 0 Å². The Hall–Kier alpha value is -1.01. The SMILES string of the molecule is Cn1cc(CCN2CCNCC2)c(C(F)F)n1. The maximum atomic E-state index is 12.7. The molecule has 0 spiro atoms. The van der Waals surface area contributed by atoms with E-state index in [0.29, 0.717) is 12.0 Å². The normalized spacial score (nSPS) is 17.9. The van der Waals surface area contributed by atoms with Crippen molar-refractivity contribution in [2.75, 3.05) is 32.7 Å². The highest BCUT2D eigenvalue weighted by atomic mass is 19.3. The number of aromatic nitrogens is 2. The maximum absolute atomic E-state index is 12.7. The Morgan fingerprint density at radius 1 is 1.41 bits per heavy atom. The second-order valence-corrected chi connectivity index (χ2v) is 4.36. The van der Waals surface area contributed by atoms with Crippen LogP contribution >= 0.6 is 0 Å². The van der Waals surface area contributed by atoms with Crippen LogP contribution in [0.3, 0.4) is 0 Å². The van der Waals surface area contributed by atoms with Crippen molar-refractivity contribution in [1.29, 1.82) is 0 Å². The molecule has 0 aliphatic carbocycles. The quantitative estimate of drug-likeness (QED) is 0.850. The van der Waals surface area contributed by atoms with Gasteiger partial charge in [-0.15, -0.1) is 0 Å². The summed E-state index contributed by atoms with van der Waals surface area (Å²) in [4.78, 5) is 2.29. The molecule has 1 aromatic rings. The van der Waals surface area contributed by atoms with Crippen molar-refractivity contribution < 1.29 is 8.78 Å². The minimum absolute atomic E-state index is 0.0670. The lowest BCUT2D eigenvalue weighted by Gasteiger charge is -2.26. The van der Waals surface area contributed by atoms with E-state index in [1.807, 2.05) is 0 Å². The van der Waals surface area contributed by atoms with Crippen molar-refractivity contribution in [2.45, 2.75) is 12.8 Å². The van der Waals surface area contributed by atoms with Crippen LogP contribution in [0.2, 0.25) is 0 Å². The van der Waals surface area contributed by atoms with Crippen LogP contribution in [0.25, 0.3) is 0 Å². The van der Waals surface area contributed by atoms with Gasteiger partial charge in [-0.1, -0.05) is 0 Å². The van der Waals surface area contributed by atoms with Gasteiger partial charge in [0.1, 0.15) is 5.69 Å². The summed E-state index contributed by atoms with van der Waals surface area (Å²) in [6.07, 6.45) is -0.133. The average molecular weight is 244 g/mol. The molecule has 0 radical (unpaired) electrons. The van der Waals surface area contributed by atoms with Crippen LogP contribution < -0.4 is 5.32 Å². The number of alkyl halides is 2. The molecule has 4 nitrogen and oxygen atoms in total. The van der Waals surface area contributed by atoms with Crippen molar-refractivity contribution in [3.05, 3.63) is 17.5 Å². The largest absolute Gasteiger partial charge is 0.314 e. The Labute approximate surface area is 99.6 Å². The van der Waals surface area contributed by atoms with Crippen LogP contribution in [0, 0.1) is 0 Å². The number of nitrogens with one attached hydrogen (secondary N) is 1. The van der Waals surface area contributed by atoms with Crippen molar-refractivity contribution in [3.8, 4) is 0 Å². The molecular formula is C11H18F2N4. The van der Waals surface area contributed by atoms with Gasteiger partial charge in [-0.25, -0.2) is 8.78 Å². The molecule has 1 aliphatic heterocycles. The maximum Gasteiger partial charge on any atom is 0.282 e. The standard InChI is InChI=1S/C11H18F2N4/c1-16-8-9(10(15-16)11(12)13)2-5-17-6-3-14-4-7-17/h8,11,14H,2-7H2,1H3. The Bertz CT molecular complexity index is 358. The first-order valence-corrected chi connectivity index (χ1v) is 5.90. The molecule has 0 bridgehead atoms. The van der Waals surface area contributed by atoms with Crippen LogP contribution in [0.1, 0.15) is 17.7 Å². The molecule has 6 heteroatoms. The van der Waals surface area contributed by atoms with Crippen molar-refractivity contribution >= 4 is 0 Å². The molecule has 1 aromatic heterocycles. The van der Waals surface area contributed by atoms with E-state index in [4.69, 9.17) is 0 Å². The van der Waals surface area contributed by atoms with E-state index in [-0.39, 0.29) is 5.69 Å². The molecule has 0 unspecified atom stereocenters. The van der Waals surface area contributed by atoms with E-state index in [1.165, 1.54) is 4.68 Å². The number of halogens is 2. The van der Waals surface area contributed by atoms with Crippen LogP contribution in [0.5, 0.6) is 0 Å².